The Morgan fingerprint density at radius 2 is 1.57 bits per heavy atom. The van der Waals surface area contributed by atoms with Crippen molar-refractivity contribution in [3.05, 3.63) is 29.8 Å². The topological polar surface area (TPSA) is 208 Å². The molecule has 3 atom stereocenters. The number of phenols is 1. The summed E-state index contributed by atoms with van der Waals surface area (Å²) in [7, 11) is 0. The SMILES string of the molecule is CC(N)C(=O)NCC(=O)NC(CC(=O)O)C(=O)NC(Cc1ccc(O)cc1)C(=O)O. The van der Waals surface area contributed by atoms with Gasteiger partial charge in [-0.05, 0) is 24.6 Å². The summed E-state index contributed by atoms with van der Waals surface area (Å²) in [6.07, 6.45) is -0.941. The van der Waals surface area contributed by atoms with Gasteiger partial charge in [0.25, 0.3) is 0 Å². The van der Waals surface area contributed by atoms with Crippen LogP contribution < -0.4 is 21.7 Å². The minimum Gasteiger partial charge on any atom is -0.508 e. The van der Waals surface area contributed by atoms with E-state index in [4.69, 9.17) is 10.8 Å². The van der Waals surface area contributed by atoms with Gasteiger partial charge in [-0.1, -0.05) is 12.1 Å². The fraction of sp³-hybridized carbons (Fsp3) is 0.389. The second-order valence-electron chi connectivity index (χ2n) is 6.49. The second kappa shape index (κ2) is 11.4. The number of carboxylic acid groups (broad SMARTS) is 2. The van der Waals surface area contributed by atoms with Crippen molar-refractivity contribution in [2.45, 2.75) is 37.9 Å². The molecule has 3 unspecified atom stereocenters. The van der Waals surface area contributed by atoms with Crippen molar-refractivity contribution in [1.82, 2.24) is 16.0 Å². The summed E-state index contributed by atoms with van der Waals surface area (Å²) in [6, 6.07) is 1.79. The minimum atomic E-state index is -1.57. The van der Waals surface area contributed by atoms with E-state index < -0.39 is 60.8 Å². The first-order valence-corrected chi connectivity index (χ1v) is 8.85. The van der Waals surface area contributed by atoms with Gasteiger partial charge in [-0.2, -0.15) is 0 Å². The predicted octanol–water partition coefficient (Wildman–Crippen LogP) is -2.07. The number of phenolic OH excluding ortho intramolecular Hbond substituents is 1. The van der Waals surface area contributed by atoms with Gasteiger partial charge in [0.05, 0.1) is 19.0 Å². The van der Waals surface area contributed by atoms with Crippen LogP contribution in [0.25, 0.3) is 0 Å². The summed E-state index contributed by atoms with van der Waals surface area (Å²) in [5.74, 6) is -5.29. The molecule has 12 nitrogen and oxygen atoms in total. The number of carbonyl (C=O) groups is 5. The number of carboxylic acids is 2. The van der Waals surface area contributed by atoms with E-state index in [1.165, 1.54) is 31.2 Å². The van der Waals surface area contributed by atoms with Gasteiger partial charge < -0.3 is 37.0 Å². The number of nitrogens with one attached hydrogen (secondary N) is 3. The molecule has 0 aromatic heterocycles. The van der Waals surface area contributed by atoms with Crippen molar-refractivity contribution in [2.24, 2.45) is 5.73 Å². The van der Waals surface area contributed by atoms with Crippen LogP contribution in [0.4, 0.5) is 0 Å². The molecule has 0 bridgehead atoms. The second-order valence-corrected chi connectivity index (χ2v) is 6.49. The van der Waals surface area contributed by atoms with Crippen LogP contribution in [0.15, 0.2) is 24.3 Å². The van der Waals surface area contributed by atoms with Crippen LogP contribution in [0.3, 0.4) is 0 Å². The van der Waals surface area contributed by atoms with Crippen LogP contribution in [0.2, 0.25) is 0 Å². The van der Waals surface area contributed by atoms with Gasteiger partial charge in [-0.25, -0.2) is 4.79 Å². The molecule has 0 aliphatic carbocycles. The molecule has 0 spiro atoms. The molecular weight excluding hydrogens is 400 g/mol. The van der Waals surface area contributed by atoms with Crippen LogP contribution in [0.5, 0.6) is 5.75 Å². The lowest BCUT2D eigenvalue weighted by Crippen LogP contribution is -2.54. The van der Waals surface area contributed by atoms with Gasteiger partial charge in [-0.15, -0.1) is 0 Å². The van der Waals surface area contributed by atoms with Crippen LogP contribution in [0, 0.1) is 0 Å². The molecule has 0 aliphatic heterocycles. The maximum atomic E-state index is 12.4. The molecule has 0 saturated carbocycles. The fourth-order valence-electron chi connectivity index (χ4n) is 2.30. The van der Waals surface area contributed by atoms with Crippen LogP contribution in [0.1, 0.15) is 18.9 Å². The van der Waals surface area contributed by atoms with E-state index in [2.05, 4.69) is 16.0 Å². The van der Waals surface area contributed by atoms with Crippen molar-refractivity contribution in [2.75, 3.05) is 6.54 Å². The fourth-order valence-corrected chi connectivity index (χ4v) is 2.30. The van der Waals surface area contributed by atoms with Crippen molar-refractivity contribution in [1.29, 1.82) is 0 Å². The third kappa shape index (κ3) is 8.56. The molecule has 0 heterocycles. The van der Waals surface area contributed by atoms with Gasteiger partial charge in [0, 0.05) is 6.42 Å². The average molecular weight is 424 g/mol. The summed E-state index contributed by atoms with van der Waals surface area (Å²) in [6.45, 7) is 0.855. The number of amides is 3. The maximum absolute atomic E-state index is 12.4. The van der Waals surface area contributed by atoms with E-state index in [0.717, 1.165) is 0 Å². The zero-order valence-corrected chi connectivity index (χ0v) is 16.1. The molecule has 8 N–H and O–H groups in total. The molecule has 0 saturated heterocycles. The number of hydrogen-bond donors (Lipinski definition) is 7. The Morgan fingerprint density at radius 1 is 0.967 bits per heavy atom. The third-order valence-electron chi connectivity index (χ3n) is 3.86. The summed E-state index contributed by atoms with van der Waals surface area (Å²) in [5, 5.41) is 34.2. The lowest BCUT2D eigenvalue weighted by atomic mass is 10.0. The number of hydrogen-bond acceptors (Lipinski definition) is 7. The van der Waals surface area contributed by atoms with Gasteiger partial charge in [0.1, 0.15) is 17.8 Å². The first-order valence-electron chi connectivity index (χ1n) is 8.85. The highest BCUT2D eigenvalue weighted by Gasteiger charge is 2.28. The maximum Gasteiger partial charge on any atom is 0.326 e. The van der Waals surface area contributed by atoms with Crippen LogP contribution in [-0.4, -0.2) is 69.7 Å². The third-order valence-corrected chi connectivity index (χ3v) is 3.86. The van der Waals surface area contributed by atoms with E-state index in [9.17, 15) is 34.2 Å². The van der Waals surface area contributed by atoms with E-state index >= 15 is 0 Å². The Bertz CT molecular complexity index is 794. The van der Waals surface area contributed by atoms with Gasteiger partial charge >= 0.3 is 11.9 Å². The molecule has 0 radical (unpaired) electrons. The van der Waals surface area contributed by atoms with Crippen LogP contribution >= 0.6 is 0 Å². The molecular formula is C18H24N4O8. The minimum absolute atomic E-state index is 0.0185. The first-order chi connectivity index (χ1) is 14.0. The largest absolute Gasteiger partial charge is 0.508 e. The summed E-state index contributed by atoms with van der Waals surface area (Å²) in [5.41, 5.74) is 5.84. The van der Waals surface area contributed by atoms with Gasteiger partial charge in [0.2, 0.25) is 17.7 Å². The van der Waals surface area contributed by atoms with E-state index in [0.29, 0.717) is 5.56 Å². The summed E-state index contributed by atoms with van der Waals surface area (Å²) < 4.78 is 0. The van der Waals surface area contributed by atoms with Crippen molar-refractivity contribution < 1.29 is 39.3 Å². The monoisotopic (exact) mass is 424 g/mol. The molecule has 0 fully saturated rings. The smallest absolute Gasteiger partial charge is 0.326 e. The van der Waals surface area contributed by atoms with Crippen LogP contribution in [-0.2, 0) is 30.4 Å². The molecule has 12 heteroatoms. The predicted molar refractivity (Wildman–Crippen MR) is 102 cm³/mol. The quantitative estimate of drug-likeness (QED) is 0.208. The van der Waals surface area contributed by atoms with E-state index in [-0.39, 0.29) is 12.2 Å². The molecule has 1 rings (SSSR count). The number of rotatable bonds is 11. The van der Waals surface area contributed by atoms with Gasteiger partial charge in [-0.3, -0.25) is 19.2 Å². The molecule has 164 valence electrons. The van der Waals surface area contributed by atoms with Crippen molar-refractivity contribution in [3.8, 4) is 5.75 Å². The Morgan fingerprint density at radius 3 is 2.07 bits per heavy atom. The molecule has 3 amide bonds. The Hall–Kier alpha value is -3.67. The Balaban J connectivity index is 2.80. The lowest BCUT2D eigenvalue weighted by Gasteiger charge is -2.21. The molecule has 30 heavy (non-hydrogen) atoms. The zero-order valence-electron chi connectivity index (χ0n) is 16.1. The first kappa shape index (κ1) is 24.4. The summed E-state index contributed by atoms with van der Waals surface area (Å²) >= 11 is 0. The molecule has 0 aliphatic rings. The van der Waals surface area contributed by atoms with E-state index in [1.807, 2.05) is 0 Å². The standard InChI is InChI=1S/C18H24N4O8/c1-9(19)16(27)20-8-14(24)21-12(7-15(25)26)17(28)22-13(18(29)30)6-10-2-4-11(23)5-3-10/h2-5,9,12-13,23H,6-8,19H2,1H3,(H,20,27)(H,21,24)(H,22,28)(H,25,26)(H,29,30). The van der Waals surface area contributed by atoms with Crippen molar-refractivity contribution >= 4 is 29.7 Å². The number of benzene rings is 1. The highest BCUT2D eigenvalue weighted by Crippen LogP contribution is 2.11. The number of aliphatic carboxylic acids is 2. The number of carbonyl (C=O) groups excluding carboxylic acids is 3. The molecule has 1 aromatic carbocycles. The van der Waals surface area contributed by atoms with Gasteiger partial charge in [0.15, 0.2) is 0 Å². The number of nitrogens with two attached hydrogens (primary N) is 1. The number of aromatic hydroxyl groups is 1. The zero-order chi connectivity index (χ0) is 22.8. The van der Waals surface area contributed by atoms with Crippen molar-refractivity contribution in [3.63, 3.8) is 0 Å². The van der Waals surface area contributed by atoms with E-state index in [1.54, 1.807) is 0 Å². The highest BCUT2D eigenvalue weighted by molar-refractivity contribution is 5.94. The molecule has 1 aromatic rings. The lowest BCUT2D eigenvalue weighted by molar-refractivity contribution is -0.143. The normalized spacial score (nSPS) is 13.4. The Labute approximate surface area is 171 Å². The average Bonchev–Trinajstić information content (AvgIpc) is 2.66. The highest BCUT2D eigenvalue weighted by atomic mass is 16.4. The Kier molecular flexibility index (Phi) is 9.23. The summed E-state index contributed by atoms with van der Waals surface area (Å²) in [4.78, 5) is 58.3.